The Kier molecular flexibility index (Phi) is 4.98. The van der Waals surface area contributed by atoms with Crippen molar-refractivity contribution in [2.45, 2.75) is 12.7 Å². The van der Waals surface area contributed by atoms with Crippen molar-refractivity contribution in [1.82, 2.24) is 9.78 Å². The first-order valence-corrected chi connectivity index (χ1v) is 6.36. The Labute approximate surface area is 97.3 Å². The van der Waals surface area contributed by atoms with Gasteiger partial charge in [0, 0.05) is 25.7 Å². The third-order valence-electron chi connectivity index (χ3n) is 1.93. The van der Waals surface area contributed by atoms with Gasteiger partial charge >= 0.3 is 0 Å². The van der Waals surface area contributed by atoms with Gasteiger partial charge in [0.05, 0.1) is 22.5 Å². The molecule has 0 saturated carbocycles. The topological polar surface area (TPSA) is 27.1 Å². The highest BCUT2D eigenvalue weighted by Gasteiger charge is 2.09. The van der Waals surface area contributed by atoms with E-state index in [9.17, 15) is 0 Å². The minimum absolute atomic E-state index is 0.805. The van der Waals surface area contributed by atoms with Gasteiger partial charge in [-0.2, -0.15) is 16.9 Å². The third-order valence-corrected chi connectivity index (χ3v) is 3.90. The van der Waals surface area contributed by atoms with Crippen LogP contribution in [-0.4, -0.2) is 29.3 Å². The van der Waals surface area contributed by atoms with Crippen molar-refractivity contribution >= 4 is 27.7 Å². The van der Waals surface area contributed by atoms with Crippen LogP contribution in [0.1, 0.15) is 11.4 Å². The molecular weight excluding hydrogens is 264 g/mol. The number of hydrogen-bond acceptors (Lipinski definition) is 3. The highest BCUT2D eigenvalue weighted by atomic mass is 79.9. The molecule has 0 aromatic carbocycles. The molecule has 0 radical (unpaired) electrons. The van der Waals surface area contributed by atoms with Crippen molar-refractivity contribution in [1.29, 1.82) is 0 Å². The minimum atomic E-state index is 0.805. The van der Waals surface area contributed by atoms with Gasteiger partial charge in [0.2, 0.25) is 0 Å². The monoisotopic (exact) mass is 278 g/mol. The molecule has 0 spiro atoms. The first-order chi connectivity index (χ1) is 6.66. The van der Waals surface area contributed by atoms with Crippen LogP contribution in [0.4, 0.5) is 0 Å². The molecule has 1 aromatic heterocycles. The molecule has 0 fully saturated rings. The normalized spacial score (nSPS) is 10.9. The first kappa shape index (κ1) is 12.1. The molecule has 14 heavy (non-hydrogen) atoms. The number of ether oxygens (including phenoxy) is 1. The molecule has 0 aliphatic carbocycles. The fraction of sp³-hybridized carbons (Fsp3) is 0.667. The summed E-state index contributed by atoms with van der Waals surface area (Å²) < 4.78 is 8.05. The minimum Gasteiger partial charge on any atom is -0.384 e. The summed E-state index contributed by atoms with van der Waals surface area (Å²) in [5.41, 5.74) is 2.29. The summed E-state index contributed by atoms with van der Waals surface area (Å²) in [7, 11) is 3.70. The Hall–Kier alpha value is 0. The first-order valence-electron chi connectivity index (χ1n) is 4.41. The van der Waals surface area contributed by atoms with E-state index in [1.54, 1.807) is 7.11 Å². The summed E-state index contributed by atoms with van der Waals surface area (Å²) >= 11 is 5.40. The van der Waals surface area contributed by atoms with E-state index in [-0.39, 0.29) is 0 Å². The van der Waals surface area contributed by atoms with Gasteiger partial charge in [-0.25, -0.2) is 0 Å². The van der Waals surface area contributed by atoms with Gasteiger partial charge in [-0.15, -0.1) is 0 Å². The van der Waals surface area contributed by atoms with Crippen molar-refractivity contribution in [3.05, 3.63) is 15.9 Å². The van der Waals surface area contributed by atoms with Gasteiger partial charge in [-0.3, -0.25) is 4.68 Å². The lowest BCUT2D eigenvalue weighted by Crippen LogP contribution is -1.98. The maximum atomic E-state index is 4.99. The zero-order valence-electron chi connectivity index (χ0n) is 8.71. The second-order valence-corrected chi connectivity index (χ2v) is 4.91. The third kappa shape index (κ3) is 3.00. The molecule has 5 heteroatoms. The molecular formula is C9H15BrN2OS. The molecule has 0 amide bonds. The van der Waals surface area contributed by atoms with Crippen LogP contribution in [-0.2, 0) is 17.5 Å². The second-order valence-electron chi connectivity index (χ2n) is 3.02. The lowest BCUT2D eigenvalue weighted by Gasteiger charge is -2.02. The maximum Gasteiger partial charge on any atom is 0.0738 e. The average Bonchev–Trinajstić information content (AvgIpc) is 2.38. The van der Waals surface area contributed by atoms with Crippen LogP contribution in [0.25, 0.3) is 0 Å². The van der Waals surface area contributed by atoms with Crippen LogP contribution in [0, 0.1) is 6.92 Å². The highest BCUT2D eigenvalue weighted by Crippen LogP contribution is 2.24. The number of aryl methyl sites for hydroxylation is 2. The number of halogens is 1. The number of aromatic nitrogens is 2. The Morgan fingerprint density at radius 3 is 2.79 bits per heavy atom. The zero-order valence-corrected chi connectivity index (χ0v) is 11.1. The number of rotatable bonds is 5. The lowest BCUT2D eigenvalue weighted by atomic mass is 10.4. The predicted molar refractivity (Wildman–Crippen MR) is 63.7 cm³/mol. The van der Waals surface area contributed by atoms with E-state index >= 15 is 0 Å². The van der Waals surface area contributed by atoms with Crippen LogP contribution in [0.5, 0.6) is 0 Å². The molecule has 3 nitrogen and oxygen atoms in total. The summed E-state index contributed by atoms with van der Waals surface area (Å²) in [4.78, 5) is 0. The molecule has 0 saturated heterocycles. The van der Waals surface area contributed by atoms with E-state index < -0.39 is 0 Å². The van der Waals surface area contributed by atoms with Gasteiger partial charge in [-0.1, -0.05) is 0 Å². The quantitative estimate of drug-likeness (QED) is 0.774. The molecule has 0 aliphatic heterocycles. The average molecular weight is 279 g/mol. The Morgan fingerprint density at radius 1 is 1.57 bits per heavy atom. The number of methoxy groups -OCH3 is 1. The van der Waals surface area contributed by atoms with Crippen LogP contribution >= 0.6 is 27.7 Å². The van der Waals surface area contributed by atoms with Crippen LogP contribution < -0.4 is 0 Å². The van der Waals surface area contributed by atoms with Crippen LogP contribution in [0.3, 0.4) is 0 Å². The van der Waals surface area contributed by atoms with Crippen molar-refractivity contribution in [3.8, 4) is 0 Å². The highest BCUT2D eigenvalue weighted by molar-refractivity contribution is 9.10. The predicted octanol–water partition coefficient (Wildman–Crippen LogP) is 2.37. The van der Waals surface area contributed by atoms with Gasteiger partial charge in [0.15, 0.2) is 0 Å². The molecule has 0 unspecified atom stereocenters. The van der Waals surface area contributed by atoms with Crippen LogP contribution in [0.15, 0.2) is 4.47 Å². The van der Waals surface area contributed by atoms with Gasteiger partial charge in [0.25, 0.3) is 0 Å². The van der Waals surface area contributed by atoms with E-state index in [1.807, 2.05) is 30.4 Å². The summed E-state index contributed by atoms with van der Waals surface area (Å²) in [5.74, 6) is 1.99. The van der Waals surface area contributed by atoms with E-state index in [2.05, 4.69) is 21.0 Å². The van der Waals surface area contributed by atoms with Crippen molar-refractivity contribution in [3.63, 3.8) is 0 Å². The molecule has 0 aliphatic rings. The molecule has 1 aromatic rings. The van der Waals surface area contributed by atoms with Crippen molar-refractivity contribution in [2.24, 2.45) is 7.05 Å². The van der Waals surface area contributed by atoms with Gasteiger partial charge in [0.1, 0.15) is 0 Å². The second kappa shape index (κ2) is 5.78. The van der Waals surface area contributed by atoms with E-state index in [0.29, 0.717) is 0 Å². The Balaban J connectivity index is 2.49. The lowest BCUT2D eigenvalue weighted by molar-refractivity contribution is 0.218. The largest absolute Gasteiger partial charge is 0.384 e. The maximum absolute atomic E-state index is 4.99. The van der Waals surface area contributed by atoms with E-state index in [1.165, 1.54) is 5.69 Å². The van der Waals surface area contributed by atoms with Gasteiger partial charge in [-0.05, 0) is 22.9 Å². The molecule has 1 heterocycles. The van der Waals surface area contributed by atoms with Crippen LogP contribution in [0.2, 0.25) is 0 Å². The summed E-state index contributed by atoms with van der Waals surface area (Å²) in [6.45, 7) is 2.81. The standard InChI is InChI=1S/C9H15BrN2OS/c1-7-9(10)8(12(2)11-7)6-14-5-4-13-3/h4-6H2,1-3H3. The number of nitrogens with zero attached hydrogens (tertiary/aromatic N) is 2. The summed E-state index contributed by atoms with van der Waals surface area (Å²) in [5, 5.41) is 4.33. The molecule has 80 valence electrons. The smallest absolute Gasteiger partial charge is 0.0738 e. The van der Waals surface area contributed by atoms with E-state index in [0.717, 1.165) is 28.3 Å². The van der Waals surface area contributed by atoms with E-state index in [4.69, 9.17) is 4.74 Å². The SMILES string of the molecule is COCCSCc1c(Br)c(C)nn1C. The van der Waals surface area contributed by atoms with Gasteiger partial charge < -0.3 is 4.74 Å². The summed E-state index contributed by atoms with van der Waals surface area (Å²) in [6.07, 6.45) is 0. The fourth-order valence-electron chi connectivity index (χ4n) is 1.15. The molecule has 0 atom stereocenters. The number of hydrogen-bond donors (Lipinski definition) is 0. The summed E-state index contributed by atoms with van der Waals surface area (Å²) in [6, 6.07) is 0. The van der Waals surface area contributed by atoms with Crippen molar-refractivity contribution in [2.75, 3.05) is 19.5 Å². The van der Waals surface area contributed by atoms with Crippen molar-refractivity contribution < 1.29 is 4.74 Å². The molecule has 0 bridgehead atoms. The fourth-order valence-corrected chi connectivity index (χ4v) is 2.76. The Bertz CT molecular complexity index is 301. The molecule has 0 N–H and O–H groups in total. The molecule has 1 rings (SSSR count). The zero-order chi connectivity index (χ0) is 10.6. The Morgan fingerprint density at radius 2 is 2.29 bits per heavy atom. The number of thioether (sulfide) groups is 1.